The van der Waals surface area contributed by atoms with Gasteiger partial charge in [-0.15, -0.1) is 0 Å². The highest BCUT2D eigenvalue weighted by atomic mass is 35.5. The topological polar surface area (TPSA) is 63.7 Å². The van der Waals surface area contributed by atoms with Crippen molar-refractivity contribution < 1.29 is 23.5 Å². The first kappa shape index (κ1) is 24.9. The number of nitrogens with zero attached hydrogens (tertiary/aromatic N) is 1. The molecule has 0 saturated carbocycles. The number of hydrogen-bond acceptors (Lipinski definition) is 4. The molecular weight excluding hydrogens is 492 g/mol. The van der Waals surface area contributed by atoms with Gasteiger partial charge in [-0.2, -0.15) is 0 Å². The number of rotatable bonds is 8. The lowest BCUT2D eigenvalue weighted by Crippen LogP contribution is -2.44. The molecule has 4 rings (SSSR count). The predicted molar refractivity (Wildman–Crippen MR) is 132 cm³/mol. The lowest BCUT2D eigenvalue weighted by atomic mass is 9.93. The molecule has 0 aromatic heterocycles. The lowest BCUT2D eigenvalue weighted by molar-refractivity contribution is -0.134. The third-order valence-corrected chi connectivity index (χ3v) is 6.69. The normalized spacial score (nSPS) is 16.1. The molecule has 1 saturated heterocycles. The van der Waals surface area contributed by atoms with Crippen molar-refractivity contribution in [2.75, 3.05) is 6.61 Å². The van der Waals surface area contributed by atoms with Crippen LogP contribution in [0, 0.1) is 11.7 Å². The van der Waals surface area contributed by atoms with Crippen LogP contribution in [-0.2, 0) is 27.2 Å². The maximum atomic E-state index is 13.4. The Kier molecular flexibility index (Phi) is 7.83. The van der Waals surface area contributed by atoms with Crippen molar-refractivity contribution in [3.8, 4) is 11.1 Å². The van der Waals surface area contributed by atoms with Gasteiger partial charge >= 0.3 is 6.09 Å². The van der Waals surface area contributed by atoms with Crippen LogP contribution in [0.15, 0.2) is 66.7 Å². The van der Waals surface area contributed by atoms with E-state index in [0.717, 1.165) is 16.0 Å². The second-order valence-electron chi connectivity index (χ2n) is 8.36. The molecule has 0 N–H and O–H groups in total. The third kappa shape index (κ3) is 5.72. The van der Waals surface area contributed by atoms with Crippen molar-refractivity contribution in [2.24, 2.45) is 5.92 Å². The fraction of sp³-hybridized carbons (Fsp3) is 0.222. The van der Waals surface area contributed by atoms with E-state index in [1.165, 1.54) is 12.1 Å². The lowest BCUT2D eigenvalue weighted by Gasteiger charge is -2.25. The SMILES string of the molecule is O=CC[C@@H](Cc1c(Cl)cc(-c2ccc(F)cc2)cc1Cl)C(=O)N1C(=O)OC[C@H]1Cc1ccccc1. The molecule has 1 aliphatic heterocycles. The molecule has 8 heteroatoms. The summed E-state index contributed by atoms with van der Waals surface area (Å²) >= 11 is 13.1. The van der Waals surface area contributed by atoms with E-state index in [1.54, 1.807) is 24.3 Å². The van der Waals surface area contributed by atoms with Gasteiger partial charge < -0.3 is 9.53 Å². The minimum atomic E-state index is -0.844. The first-order valence-corrected chi connectivity index (χ1v) is 11.8. The van der Waals surface area contributed by atoms with E-state index in [1.807, 2.05) is 30.3 Å². The average Bonchev–Trinajstić information content (AvgIpc) is 3.20. The maximum Gasteiger partial charge on any atom is 0.416 e. The highest BCUT2D eigenvalue weighted by molar-refractivity contribution is 6.36. The Balaban J connectivity index is 1.57. The Morgan fingerprint density at radius 3 is 2.34 bits per heavy atom. The Bertz CT molecular complexity index is 1210. The summed E-state index contributed by atoms with van der Waals surface area (Å²) < 4.78 is 18.4. The van der Waals surface area contributed by atoms with Gasteiger partial charge in [0.2, 0.25) is 5.91 Å². The molecule has 180 valence electrons. The zero-order valence-electron chi connectivity index (χ0n) is 18.6. The Labute approximate surface area is 212 Å². The quantitative estimate of drug-likeness (QED) is 0.339. The van der Waals surface area contributed by atoms with Crippen LogP contribution in [0.25, 0.3) is 11.1 Å². The van der Waals surface area contributed by atoms with Crippen molar-refractivity contribution >= 4 is 41.5 Å². The van der Waals surface area contributed by atoms with Crippen molar-refractivity contribution in [3.63, 3.8) is 0 Å². The smallest absolute Gasteiger partial charge is 0.416 e. The summed E-state index contributed by atoms with van der Waals surface area (Å²) in [6, 6.07) is 18.3. The number of halogens is 3. The van der Waals surface area contributed by atoms with Crippen LogP contribution in [-0.4, -0.2) is 35.8 Å². The van der Waals surface area contributed by atoms with E-state index in [2.05, 4.69) is 0 Å². The molecule has 0 bridgehead atoms. The molecule has 1 heterocycles. The molecular formula is C27H22Cl2FNO4. The van der Waals surface area contributed by atoms with Crippen molar-refractivity contribution in [1.29, 1.82) is 0 Å². The van der Waals surface area contributed by atoms with Crippen LogP contribution in [0.1, 0.15) is 17.5 Å². The van der Waals surface area contributed by atoms with Gasteiger partial charge in [0.25, 0.3) is 0 Å². The predicted octanol–water partition coefficient (Wildman–Crippen LogP) is 6.14. The first-order chi connectivity index (χ1) is 16.9. The molecule has 35 heavy (non-hydrogen) atoms. The number of amides is 2. The summed E-state index contributed by atoms with van der Waals surface area (Å²) in [4.78, 5) is 38.4. The van der Waals surface area contributed by atoms with Crippen LogP contribution in [0.2, 0.25) is 10.0 Å². The number of hydrogen-bond donors (Lipinski definition) is 0. The average molecular weight is 514 g/mol. The summed E-state index contributed by atoms with van der Waals surface area (Å²) in [5, 5.41) is 0.621. The molecule has 1 fully saturated rings. The van der Waals surface area contributed by atoms with Crippen LogP contribution in [0.3, 0.4) is 0 Å². The van der Waals surface area contributed by atoms with E-state index in [9.17, 15) is 18.8 Å². The van der Waals surface area contributed by atoms with Gasteiger partial charge in [-0.3, -0.25) is 4.79 Å². The van der Waals surface area contributed by atoms with Gasteiger partial charge in [0.1, 0.15) is 18.7 Å². The first-order valence-electron chi connectivity index (χ1n) is 11.1. The maximum absolute atomic E-state index is 13.4. The Morgan fingerprint density at radius 1 is 1.06 bits per heavy atom. The molecule has 3 aromatic rings. The van der Waals surface area contributed by atoms with Crippen LogP contribution in [0.4, 0.5) is 9.18 Å². The van der Waals surface area contributed by atoms with E-state index >= 15 is 0 Å². The molecule has 0 unspecified atom stereocenters. The number of carbonyl (C=O) groups excluding carboxylic acids is 3. The summed E-state index contributed by atoms with van der Waals surface area (Å²) in [6.07, 6.45) is 0.328. The molecule has 3 aromatic carbocycles. The minimum absolute atomic E-state index is 0.0702. The van der Waals surface area contributed by atoms with Crippen molar-refractivity contribution in [3.05, 3.63) is 93.7 Å². The number of carbonyl (C=O) groups is 3. The monoisotopic (exact) mass is 513 g/mol. The summed E-state index contributed by atoms with van der Waals surface area (Å²) in [6.45, 7) is 0.0845. The number of cyclic esters (lactones) is 1. The van der Waals surface area contributed by atoms with E-state index in [4.69, 9.17) is 27.9 Å². The van der Waals surface area contributed by atoms with E-state index in [-0.39, 0.29) is 25.3 Å². The molecule has 1 aliphatic rings. The van der Waals surface area contributed by atoms with Crippen LogP contribution in [0.5, 0.6) is 0 Å². The molecule has 5 nitrogen and oxygen atoms in total. The largest absolute Gasteiger partial charge is 0.447 e. The van der Waals surface area contributed by atoms with Gasteiger partial charge in [-0.05, 0) is 59.4 Å². The van der Waals surface area contributed by atoms with Crippen LogP contribution < -0.4 is 0 Å². The van der Waals surface area contributed by atoms with E-state index in [0.29, 0.717) is 33.9 Å². The highest BCUT2D eigenvalue weighted by Crippen LogP contribution is 2.34. The van der Waals surface area contributed by atoms with E-state index < -0.39 is 24.0 Å². The number of aldehydes is 1. The Morgan fingerprint density at radius 2 is 1.71 bits per heavy atom. The van der Waals surface area contributed by atoms with Gasteiger partial charge in [-0.1, -0.05) is 65.7 Å². The van der Waals surface area contributed by atoms with Crippen LogP contribution >= 0.6 is 23.2 Å². The van der Waals surface area contributed by atoms with Gasteiger partial charge in [0.05, 0.1) is 6.04 Å². The van der Waals surface area contributed by atoms with Crippen molar-refractivity contribution in [2.45, 2.75) is 25.3 Å². The van der Waals surface area contributed by atoms with Gasteiger partial charge in [0.15, 0.2) is 0 Å². The standard InChI is InChI=1S/C27H22Cl2FNO4/c28-24-14-20(18-6-8-21(30)9-7-18)15-25(29)23(24)13-19(10-11-32)26(33)31-22(16-35-27(31)34)12-17-4-2-1-3-5-17/h1-9,11,14-15,19,22H,10,12-13,16H2/t19-,22+/m0/s1. The fourth-order valence-electron chi connectivity index (χ4n) is 4.20. The summed E-state index contributed by atoms with van der Waals surface area (Å²) in [5.41, 5.74) is 2.87. The fourth-order valence-corrected chi connectivity index (χ4v) is 4.85. The third-order valence-electron chi connectivity index (χ3n) is 6.01. The number of ether oxygens (including phenoxy) is 1. The Hall–Kier alpha value is -3.22. The second-order valence-corrected chi connectivity index (χ2v) is 9.17. The summed E-state index contributed by atoms with van der Waals surface area (Å²) in [7, 11) is 0. The van der Waals surface area contributed by atoms with Gasteiger partial charge in [-0.25, -0.2) is 14.1 Å². The zero-order chi connectivity index (χ0) is 24.9. The molecule has 2 atom stereocenters. The summed E-state index contributed by atoms with van der Waals surface area (Å²) in [5.74, 6) is -1.71. The van der Waals surface area contributed by atoms with Crippen molar-refractivity contribution in [1.82, 2.24) is 4.90 Å². The second kappa shape index (κ2) is 11.0. The number of imide groups is 1. The molecule has 2 amide bonds. The zero-order valence-corrected chi connectivity index (χ0v) is 20.1. The number of benzene rings is 3. The van der Waals surface area contributed by atoms with Gasteiger partial charge in [0, 0.05) is 22.4 Å². The molecule has 0 spiro atoms. The molecule has 0 aliphatic carbocycles. The minimum Gasteiger partial charge on any atom is -0.447 e. The highest BCUT2D eigenvalue weighted by Gasteiger charge is 2.41. The molecule has 0 radical (unpaired) electrons.